The van der Waals surface area contributed by atoms with E-state index in [2.05, 4.69) is 5.32 Å². The average molecular weight is 311 g/mol. The molecule has 2 rings (SSSR count). The minimum Gasteiger partial charge on any atom is -0.399 e. The quantitative estimate of drug-likeness (QED) is 0.835. The molecule has 1 heterocycles. The third-order valence-electron chi connectivity index (χ3n) is 3.09. The zero-order chi connectivity index (χ0) is 14.5. The highest BCUT2D eigenvalue weighted by molar-refractivity contribution is 8.06. The predicted octanol–water partition coefficient (Wildman–Crippen LogP) is 2.23. The van der Waals surface area contributed by atoms with Crippen molar-refractivity contribution >= 4 is 40.8 Å². The van der Waals surface area contributed by atoms with Gasteiger partial charge in [-0.05, 0) is 18.2 Å². The molecule has 1 fully saturated rings. The molecule has 0 spiro atoms. The van der Waals surface area contributed by atoms with E-state index in [1.807, 2.05) is 29.6 Å². The fourth-order valence-electron chi connectivity index (χ4n) is 2.01. The third kappa shape index (κ3) is 3.99. The van der Waals surface area contributed by atoms with Gasteiger partial charge in [0.25, 0.3) is 5.91 Å². The van der Waals surface area contributed by atoms with E-state index < -0.39 is 0 Å². The Kier molecular flexibility index (Phi) is 5.48. The molecule has 20 heavy (non-hydrogen) atoms. The number of amides is 1. The van der Waals surface area contributed by atoms with Crippen LogP contribution in [-0.2, 0) is 0 Å². The summed E-state index contributed by atoms with van der Waals surface area (Å²) in [6, 6.07) is 5.41. The maximum absolute atomic E-state index is 12.2. The van der Waals surface area contributed by atoms with Gasteiger partial charge in [-0.15, -0.1) is 0 Å². The molecule has 0 saturated carbocycles. The van der Waals surface area contributed by atoms with Crippen molar-refractivity contribution in [2.24, 2.45) is 0 Å². The van der Waals surface area contributed by atoms with Crippen molar-refractivity contribution in [3.05, 3.63) is 23.8 Å². The smallest absolute Gasteiger partial charge is 0.255 e. The number of nitrogen functional groups attached to an aromatic ring is 1. The highest BCUT2D eigenvalue weighted by Gasteiger charge is 2.17. The first-order valence-corrected chi connectivity index (χ1v) is 8.82. The largest absolute Gasteiger partial charge is 0.399 e. The van der Waals surface area contributed by atoms with E-state index in [0.29, 0.717) is 16.5 Å². The van der Waals surface area contributed by atoms with Gasteiger partial charge in [-0.2, -0.15) is 23.5 Å². The van der Waals surface area contributed by atoms with Gasteiger partial charge in [0.15, 0.2) is 0 Å². The molecule has 1 atom stereocenters. The van der Waals surface area contributed by atoms with Crippen LogP contribution in [0, 0.1) is 0 Å². The average Bonchev–Trinajstić information content (AvgIpc) is 2.45. The van der Waals surface area contributed by atoms with Crippen LogP contribution in [0.25, 0.3) is 0 Å². The molecule has 3 N–H and O–H groups in total. The summed E-state index contributed by atoms with van der Waals surface area (Å²) in [5, 5.41) is 3.99. The van der Waals surface area contributed by atoms with Crippen LogP contribution in [0.5, 0.6) is 0 Å². The minimum atomic E-state index is -0.00169. The Hall–Kier alpha value is -1.01. The van der Waals surface area contributed by atoms with Gasteiger partial charge in [-0.25, -0.2) is 0 Å². The number of carbonyl (C=O) groups is 1. The van der Waals surface area contributed by atoms with Crippen LogP contribution < -0.4 is 11.1 Å². The molecular formula is C14H21N3OS2. The van der Waals surface area contributed by atoms with Crippen LogP contribution >= 0.6 is 23.5 Å². The van der Waals surface area contributed by atoms with E-state index in [-0.39, 0.29) is 5.91 Å². The molecule has 0 aromatic heterocycles. The second kappa shape index (κ2) is 7.13. The van der Waals surface area contributed by atoms with Gasteiger partial charge in [0.05, 0.1) is 5.56 Å². The number of hydrogen-bond acceptors (Lipinski definition) is 5. The Labute approximate surface area is 128 Å². The first-order chi connectivity index (χ1) is 9.58. The first-order valence-electron chi connectivity index (χ1n) is 6.62. The van der Waals surface area contributed by atoms with E-state index >= 15 is 0 Å². The molecule has 1 amide bonds. The normalized spacial score (nSPS) is 18.6. The highest BCUT2D eigenvalue weighted by Crippen LogP contribution is 2.26. The molecule has 1 aliphatic heterocycles. The van der Waals surface area contributed by atoms with Crippen LogP contribution in [0.3, 0.4) is 0 Å². The standard InChI is InChI=1S/C14H21N3OS2/c1-17(2)14(18)12-4-3-10(15)7-13(12)16-8-11-9-19-5-6-20-11/h3-4,7,11,16H,5-6,8-9,15H2,1-2H3. The van der Waals surface area contributed by atoms with E-state index in [9.17, 15) is 4.79 Å². The summed E-state index contributed by atoms with van der Waals surface area (Å²) >= 11 is 3.99. The number of benzene rings is 1. The van der Waals surface area contributed by atoms with Crippen molar-refractivity contribution in [3.63, 3.8) is 0 Å². The van der Waals surface area contributed by atoms with E-state index in [1.165, 1.54) is 11.5 Å². The van der Waals surface area contributed by atoms with E-state index in [1.54, 1.807) is 31.1 Å². The minimum absolute atomic E-state index is 0.00169. The Morgan fingerprint density at radius 3 is 2.90 bits per heavy atom. The summed E-state index contributed by atoms with van der Waals surface area (Å²) in [5.41, 5.74) is 8.02. The third-order valence-corrected chi connectivity index (χ3v) is 5.93. The van der Waals surface area contributed by atoms with Gasteiger partial charge in [0.1, 0.15) is 0 Å². The van der Waals surface area contributed by atoms with Crippen LogP contribution in [0.15, 0.2) is 18.2 Å². The number of anilines is 2. The summed E-state index contributed by atoms with van der Waals surface area (Å²) in [4.78, 5) is 13.7. The lowest BCUT2D eigenvalue weighted by molar-refractivity contribution is 0.0828. The molecule has 110 valence electrons. The summed E-state index contributed by atoms with van der Waals surface area (Å²) < 4.78 is 0. The molecule has 1 saturated heterocycles. The van der Waals surface area contributed by atoms with Gasteiger partial charge < -0.3 is 16.0 Å². The number of nitrogens with two attached hydrogens (primary N) is 1. The Bertz CT molecular complexity index is 473. The van der Waals surface area contributed by atoms with Crippen molar-refractivity contribution in [1.29, 1.82) is 0 Å². The van der Waals surface area contributed by atoms with Gasteiger partial charge in [-0.3, -0.25) is 4.79 Å². The maximum atomic E-state index is 12.2. The molecule has 0 aliphatic carbocycles. The van der Waals surface area contributed by atoms with Crippen molar-refractivity contribution in [1.82, 2.24) is 4.90 Å². The lowest BCUT2D eigenvalue weighted by Gasteiger charge is -2.23. The summed E-state index contributed by atoms with van der Waals surface area (Å²) in [7, 11) is 3.52. The summed E-state index contributed by atoms with van der Waals surface area (Å²) in [5.74, 6) is 3.61. The lowest BCUT2D eigenvalue weighted by Crippen LogP contribution is -2.26. The molecule has 1 aromatic rings. The second-order valence-corrected chi connectivity index (χ2v) is 7.51. The monoisotopic (exact) mass is 311 g/mol. The van der Waals surface area contributed by atoms with E-state index in [0.717, 1.165) is 18.0 Å². The summed E-state index contributed by atoms with van der Waals surface area (Å²) in [6.45, 7) is 0.870. The van der Waals surface area contributed by atoms with Crippen molar-refractivity contribution < 1.29 is 4.79 Å². The fraction of sp³-hybridized carbons (Fsp3) is 0.500. The molecule has 4 nitrogen and oxygen atoms in total. The number of rotatable bonds is 4. The topological polar surface area (TPSA) is 58.4 Å². The lowest BCUT2D eigenvalue weighted by atomic mass is 10.1. The van der Waals surface area contributed by atoms with Crippen LogP contribution in [0.2, 0.25) is 0 Å². The van der Waals surface area contributed by atoms with Crippen LogP contribution in [0.4, 0.5) is 11.4 Å². The maximum Gasteiger partial charge on any atom is 0.255 e. The number of thioether (sulfide) groups is 2. The molecule has 0 radical (unpaired) electrons. The Morgan fingerprint density at radius 2 is 2.25 bits per heavy atom. The van der Waals surface area contributed by atoms with Crippen molar-refractivity contribution in [3.8, 4) is 0 Å². The van der Waals surface area contributed by atoms with Gasteiger partial charge >= 0.3 is 0 Å². The molecule has 1 unspecified atom stereocenters. The van der Waals surface area contributed by atoms with Gasteiger partial charge in [0, 0.05) is 54.5 Å². The van der Waals surface area contributed by atoms with E-state index in [4.69, 9.17) is 5.73 Å². The highest BCUT2D eigenvalue weighted by atomic mass is 32.2. The van der Waals surface area contributed by atoms with Crippen LogP contribution in [0.1, 0.15) is 10.4 Å². The molecule has 0 bridgehead atoms. The zero-order valence-electron chi connectivity index (χ0n) is 11.9. The first kappa shape index (κ1) is 15.4. The Morgan fingerprint density at radius 1 is 1.45 bits per heavy atom. The number of hydrogen-bond donors (Lipinski definition) is 2. The van der Waals surface area contributed by atoms with Gasteiger partial charge in [0.2, 0.25) is 0 Å². The number of nitrogens with one attached hydrogen (secondary N) is 1. The predicted molar refractivity (Wildman–Crippen MR) is 90.9 cm³/mol. The second-order valence-electron chi connectivity index (χ2n) is 4.95. The Balaban J connectivity index is 2.08. The molecule has 6 heteroatoms. The van der Waals surface area contributed by atoms with Crippen molar-refractivity contribution in [2.75, 3.05) is 48.9 Å². The molecular weight excluding hydrogens is 290 g/mol. The zero-order valence-corrected chi connectivity index (χ0v) is 13.5. The summed E-state index contributed by atoms with van der Waals surface area (Å²) in [6.07, 6.45) is 0. The molecule has 1 aromatic carbocycles. The van der Waals surface area contributed by atoms with Crippen LogP contribution in [-0.4, -0.2) is 54.0 Å². The molecule has 1 aliphatic rings. The van der Waals surface area contributed by atoms with Crippen molar-refractivity contribution in [2.45, 2.75) is 5.25 Å². The number of nitrogens with zero attached hydrogens (tertiary/aromatic N) is 1. The fourth-order valence-corrected chi connectivity index (χ4v) is 4.63. The SMILES string of the molecule is CN(C)C(=O)c1ccc(N)cc1NCC1CSCCS1. The number of carbonyl (C=O) groups excluding carboxylic acids is 1. The van der Waals surface area contributed by atoms with Gasteiger partial charge in [-0.1, -0.05) is 0 Å².